The molecular formula is C20H23NO. The van der Waals surface area contributed by atoms with E-state index in [2.05, 4.69) is 5.32 Å². The number of benzene rings is 2. The largest absolute Gasteiger partial charge is 0.355 e. The Morgan fingerprint density at radius 2 is 1.50 bits per heavy atom. The Balaban J connectivity index is 1.90. The second kappa shape index (κ2) is 6.35. The highest BCUT2D eigenvalue weighted by Crippen LogP contribution is 2.33. The van der Waals surface area contributed by atoms with Crippen molar-refractivity contribution in [1.29, 1.82) is 0 Å². The summed E-state index contributed by atoms with van der Waals surface area (Å²) in [6.45, 7) is 2.82. The van der Waals surface area contributed by atoms with Crippen LogP contribution in [0.25, 0.3) is 0 Å². The first kappa shape index (κ1) is 14.8. The van der Waals surface area contributed by atoms with Gasteiger partial charge in [0.05, 0.1) is 5.41 Å². The predicted molar refractivity (Wildman–Crippen MR) is 89.7 cm³/mol. The first-order chi connectivity index (χ1) is 10.7. The maximum absolute atomic E-state index is 13.0. The minimum Gasteiger partial charge on any atom is -0.355 e. The second-order valence-corrected chi connectivity index (χ2v) is 6.36. The maximum atomic E-state index is 13.0. The number of hydrogen-bond acceptors (Lipinski definition) is 1. The smallest absolute Gasteiger partial charge is 0.234 e. The highest BCUT2D eigenvalue weighted by atomic mass is 16.2. The van der Waals surface area contributed by atoms with Gasteiger partial charge in [-0.2, -0.15) is 0 Å². The molecule has 114 valence electrons. The van der Waals surface area contributed by atoms with Crippen molar-refractivity contribution in [2.24, 2.45) is 5.92 Å². The Morgan fingerprint density at radius 1 is 1.00 bits per heavy atom. The fourth-order valence-corrected chi connectivity index (χ4v) is 3.08. The minimum atomic E-state index is -0.647. The van der Waals surface area contributed by atoms with Gasteiger partial charge in [0.15, 0.2) is 0 Å². The van der Waals surface area contributed by atoms with Crippen LogP contribution in [0.1, 0.15) is 37.3 Å². The van der Waals surface area contributed by atoms with E-state index in [9.17, 15) is 4.79 Å². The highest BCUT2D eigenvalue weighted by Gasteiger charge is 2.37. The molecule has 0 bridgehead atoms. The molecule has 0 spiro atoms. The van der Waals surface area contributed by atoms with E-state index in [0.717, 1.165) is 17.7 Å². The molecule has 0 heterocycles. The maximum Gasteiger partial charge on any atom is 0.234 e. The average molecular weight is 293 g/mol. The number of nitrogens with one attached hydrogen (secondary N) is 1. The van der Waals surface area contributed by atoms with Crippen molar-refractivity contribution in [3.05, 3.63) is 71.8 Å². The van der Waals surface area contributed by atoms with Gasteiger partial charge in [-0.05, 0) is 36.8 Å². The molecule has 1 amide bonds. The monoisotopic (exact) mass is 293 g/mol. The Kier molecular flexibility index (Phi) is 4.28. The lowest BCUT2D eigenvalue weighted by atomic mass is 9.75. The van der Waals surface area contributed by atoms with E-state index in [4.69, 9.17) is 0 Å². The standard InChI is InChI=1S/C20H23NO/c1-20(17-11-4-2-5-12-17,18-13-6-3-7-14-18)19(22)21-15-16-9-8-10-16/h2-7,11-14,16H,8-10,15H2,1H3,(H,21,22). The zero-order valence-electron chi connectivity index (χ0n) is 13.1. The van der Waals surface area contributed by atoms with Gasteiger partial charge in [-0.15, -0.1) is 0 Å². The molecule has 3 rings (SSSR count). The first-order valence-electron chi connectivity index (χ1n) is 8.10. The van der Waals surface area contributed by atoms with Gasteiger partial charge < -0.3 is 5.32 Å². The summed E-state index contributed by atoms with van der Waals surface area (Å²) in [6, 6.07) is 20.1. The van der Waals surface area contributed by atoms with E-state index in [1.165, 1.54) is 19.3 Å². The summed E-state index contributed by atoms with van der Waals surface area (Å²) in [7, 11) is 0. The molecule has 0 radical (unpaired) electrons. The van der Waals surface area contributed by atoms with Crippen molar-refractivity contribution >= 4 is 5.91 Å². The molecule has 0 unspecified atom stereocenters. The van der Waals surface area contributed by atoms with Crippen molar-refractivity contribution in [2.75, 3.05) is 6.54 Å². The molecule has 1 aliphatic rings. The second-order valence-electron chi connectivity index (χ2n) is 6.36. The topological polar surface area (TPSA) is 29.1 Å². The first-order valence-corrected chi connectivity index (χ1v) is 8.10. The minimum absolute atomic E-state index is 0.0943. The SMILES string of the molecule is CC(C(=O)NCC1CCC1)(c1ccccc1)c1ccccc1. The van der Waals surface area contributed by atoms with E-state index in [-0.39, 0.29) is 5.91 Å². The Bertz CT molecular complexity index is 577. The molecule has 0 atom stereocenters. The number of rotatable bonds is 5. The van der Waals surface area contributed by atoms with Crippen LogP contribution in [0.5, 0.6) is 0 Å². The molecule has 2 aromatic carbocycles. The summed E-state index contributed by atoms with van der Waals surface area (Å²) < 4.78 is 0. The van der Waals surface area contributed by atoms with Crippen LogP contribution in [0.4, 0.5) is 0 Å². The van der Waals surface area contributed by atoms with Crippen molar-refractivity contribution in [1.82, 2.24) is 5.32 Å². The fraction of sp³-hybridized carbons (Fsp3) is 0.350. The van der Waals surface area contributed by atoms with E-state index in [0.29, 0.717) is 5.92 Å². The third kappa shape index (κ3) is 2.78. The highest BCUT2D eigenvalue weighted by molar-refractivity contribution is 5.91. The summed E-state index contributed by atoms with van der Waals surface area (Å²) >= 11 is 0. The van der Waals surface area contributed by atoms with Gasteiger partial charge >= 0.3 is 0 Å². The van der Waals surface area contributed by atoms with E-state index < -0.39 is 5.41 Å². The molecule has 0 aromatic heterocycles. The Morgan fingerprint density at radius 3 is 1.91 bits per heavy atom. The lowest BCUT2D eigenvalue weighted by molar-refractivity contribution is -0.125. The molecular weight excluding hydrogens is 270 g/mol. The van der Waals surface area contributed by atoms with Crippen LogP contribution >= 0.6 is 0 Å². The summed E-state index contributed by atoms with van der Waals surface area (Å²) in [5, 5.41) is 3.18. The molecule has 2 nitrogen and oxygen atoms in total. The zero-order chi connectivity index (χ0) is 15.4. The van der Waals surface area contributed by atoms with Crippen LogP contribution in [-0.2, 0) is 10.2 Å². The number of carbonyl (C=O) groups excluding carboxylic acids is 1. The van der Waals surface area contributed by atoms with Crippen LogP contribution in [0, 0.1) is 5.92 Å². The quantitative estimate of drug-likeness (QED) is 0.889. The molecule has 1 saturated carbocycles. The van der Waals surface area contributed by atoms with Gasteiger partial charge in [-0.25, -0.2) is 0 Å². The van der Waals surface area contributed by atoms with Crippen LogP contribution in [0.3, 0.4) is 0 Å². The van der Waals surface area contributed by atoms with Gasteiger partial charge in [0.25, 0.3) is 0 Å². The fourth-order valence-electron chi connectivity index (χ4n) is 3.08. The molecule has 0 saturated heterocycles. The van der Waals surface area contributed by atoms with Gasteiger partial charge in [-0.1, -0.05) is 67.1 Å². The summed E-state index contributed by atoms with van der Waals surface area (Å²) in [5.74, 6) is 0.761. The van der Waals surface area contributed by atoms with Crippen LogP contribution in [-0.4, -0.2) is 12.5 Å². The van der Waals surface area contributed by atoms with Gasteiger partial charge in [0.1, 0.15) is 0 Å². The lowest BCUT2D eigenvalue weighted by Crippen LogP contribution is -2.45. The normalized spacial score (nSPS) is 15.1. The molecule has 1 aliphatic carbocycles. The number of carbonyl (C=O) groups is 1. The number of amides is 1. The lowest BCUT2D eigenvalue weighted by Gasteiger charge is -2.32. The van der Waals surface area contributed by atoms with Crippen molar-refractivity contribution < 1.29 is 4.79 Å². The van der Waals surface area contributed by atoms with Crippen molar-refractivity contribution in [3.63, 3.8) is 0 Å². The predicted octanol–water partition coefficient (Wildman–Crippen LogP) is 3.91. The van der Waals surface area contributed by atoms with Crippen LogP contribution in [0.15, 0.2) is 60.7 Å². The molecule has 1 N–H and O–H groups in total. The van der Waals surface area contributed by atoms with Gasteiger partial charge in [0, 0.05) is 6.54 Å². The van der Waals surface area contributed by atoms with E-state index in [1.807, 2.05) is 67.6 Å². The van der Waals surface area contributed by atoms with Gasteiger partial charge in [-0.3, -0.25) is 4.79 Å². The molecule has 2 heteroatoms. The zero-order valence-corrected chi connectivity index (χ0v) is 13.1. The van der Waals surface area contributed by atoms with Crippen LogP contribution < -0.4 is 5.32 Å². The Hall–Kier alpha value is -2.09. The average Bonchev–Trinajstić information content (AvgIpc) is 2.54. The van der Waals surface area contributed by atoms with Crippen molar-refractivity contribution in [3.8, 4) is 0 Å². The molecule has 0 aliphatic heterocycles. The molecule has 2 aromatic rings. The number of hydrogen-bond donors (Lipinski definition) is 1. The third-order valence-electron chi connectivity index (χ3n) is 4.93. The Labute approximate surface area is 132 Å². The van der Waals surface area contributed by atoms with E-state index >= 15 is 0 Å². The molecule has 1 fully saturated rings. The van der Waals surface area contributed by atoms with Gasteiger partial charge in [0.2, 0.25) is 5.91 Å². The summed E-state index contributed by atoms with van der Waals surface area (Å²) in [4.78, 5) is 13.0. The third-order valence-corrected chi connectivity index (χ3v) is 4.93. The van der Waals surface area contributed by atoms with Crippen molar-refractivity contribution in [2.45, 2.75) is 31.6 Å². The summed E-state index contributed by atoms with van der Waals surface area (Å²) in [6.07, 6.45) is 3.79. The van der Waals surface area contributed by atoms with E-state index in [1.54, 1.807) is 0 Å². The summed E-state index contributed by atoms with van der Waals surface area (Å²) in [5.41, 5.74) is 1.42. The molecule has 22 heavy (non-hydrogen) atoms. The van der Waals surface area contributed by atoms with Crippen LogP contribution in [0.2, 0.25) is 0 Å².